The molecule has 2 saturated heterocycles. The fourth-order valence-corrected chi connectivity index (χ4v) is 4.41. The van der Waals surface area contributed by atoms with Crippen LogP contribution in [-0.4, -0.2) is 53.0 Å². The van der Waals surface area contributed by atoms with Crippen molar-refractivity contribution >= 4 is 22.7 Å². The van der Waals surface area contributed by atoms with Crippen LogP contribution in [0, 0.1) is 5.92 Å². The molecule has 2 N–H and O–H groups in total. The van der Waals surface area contributed by atoms with Gasteiger partial charge >= 0.3 is 0 Å². The SMILES string of the molecule is CC1(C)C[C@H](NC(=O)[C@@H]2CCCN(C(=O)c3ccc4cc[nH]c4c3)C2)CCO1. The molecule has 0 saturated carbocycles. The summed E-state index contributed by atoms with van der Waals surface area (Å²) >= 11 is 0. The normalized spacial score (nSPS) is 24.9. The fraction of sp³-hybridized carbons (Fsp3) is 0.545. The zero-order chi connectivity index (χ0) is 19.7. The number of carbonyl (C=O) groups is 2. The maximum atomic E-state index is 13.0. The van der Waals surface area contributed by atoms with Gasteiger partial charge in [-0.05, 0) is 63.1 Å². The number of nitrogens with one attached hydrogen (secondary N) is 2. The number of H-pyrrole nitrogens is 1. The average Bonchev–Trinajstić information content (AvgIpc) is 3.14. The highest BCUT2D eigenvalue weighted by atomic mass is 16.5. The minimum atomic E-state index is -0.193. The molecule has 1 aromatic heterocycles. The first-order valence-electron chi connectivity index (χ1n) is 10.2. The summed E-state index contributed by atoms with van der Waals surface area (Å²) in [6, 6.07) is 7.86. The molecule has 28 heavy (non-hydrogen) atoms. The van der Waals surface area contributed by atoms with Crippen molar-refractivity contribution in [2.45, 2.75) is 51.2 Å². The summed E-state index contributed by atoms with van der Waals surface area (Å²) in [6.45, 7) is 5.99. The van der Waals surface area contributed by atoms with Gasteiger partial charge in [0, 0.05) is 43.0 Å². The molecular formula is C22H29N3O3. The number of rotatable bonds is 3. The van der Waals surface area contributed by atoms with E-state index in [0.29, 0.717) is 25.3 Å². The lowest BCUT2D eigenvalue weighted by atomic mass is 9.92. The first kappa shape index (κ1) is 19.0. The topological polar surface area (TPSA) is 74.4 Å². The number of piperidine rings is 1. The summed E-state index contributed by atoms with van der Waals surface area (Å²) in [7, 11) is 0. The van der Waals surface area contributed by atoms with Gasteiger partial charge in [0.15, 0.2) is 0 Å². The number of amides is 2. The van der Waals surface area contributed by atoms with Crippen molar-refractivity contribution in [3.05, 3.63) is 36.0 Å². The van der Waals surface area contributed by atoms with E-state index in [9.17, 15) is 9.59 Å². The second-order valence-corrected chi connectivity index (χ2v) is 8.68. The summed E-state index contributed by atoms with van der Waals surface area (Å²) in [6.07, 6.45) is 5.23. The Bertz CT molecular complexity index is 873. The third kappa shape index (κ3) is 4.07. The standard InChI is InChI=1S/C22H29N3O3/c1-22(2)13-18(8-11-28-22)24-20(26)17-4-3-10-25(14-17)21(27)16-6-5-15-7-9-23-19(15)12-16/h5-7,9,12,17-18,23H,3-4,8,10-11,13-14H2,1-2H3,(H,24,26)/t17-,18-/m1/s1. The number of aromatic nitrogens is 1. The van der Waals surface area contributed by atoms with Crippen molar-refractivity contribution in [1.82, 2.24) is 15.2 Å². The number of benzene rings is 1. The summed E-state index contributed by atoms with van der Waals surface area (Å²) in [5.74, 6) is -0.0703. The largest absolute Gasteiger partial charge is 0.375 e. The molecular weight excluding hydrogens is 354 g/mol. The Kier molecular flexibility index (Phi) is 5.15. The summed E-state index contributed by atoms with van der Waals surface area (Å²) < 4.78 is 5.74. The highest BCUT2D eigenvalue weighted by Crippen LogP contribution is 2.25. The van der Waals surface area contributed by atoms with Crippen LogP contribution in [0.5, 0.6) is 0 Å². The number of ether oxygens (including phenoxy) is 1. The van der Waals surface area contributed by atoms with Crippen LogP contribution in [-0.2, 0) is 9.53 Å². The van der Waals surface area contributed by atoms with Gasteiger partial charge < -0.3 is 19.9 Å². The molecule has 0 unspecified atom stereocenters. The molecule has 2 aliphatic heterocycles. The van der Waals surface area contributed by atoms with Crippen LogP contribution in [0.25, 0.3) is 10.9 Å². The molecule has 2 atom stereocenters. The Balaban J connectivity index is 1.39. The highest BCUT2D eigenvalue weighted by Gasteiger charge is 2.33. The maximum absolute atomic E-state index is 13.0. The van der Waals surface area contributed by atoms with E-state index in [1.807, 2.05) is 35.4 Å². The molecule has 0 aliphatic carbocycles. The monoisotopic (exact) mass is 383 g/mol. The fourth-order valence-electron chi connectivity index (χ4n) is 4.41. The molecule has 2 fully saturated rings. The number of likely N-dealkylation sites (tertiary alicyclic amines) is 1. The second kappa shape index (κ2) is 7.59. The zero-order valence-electron chi connectivity index (χ0n) is 16.7. The van der Waals surface area contributed by atoms with Crippen LogP contribution in [0.2, 0.25) is 0 Å². The Morgan fingerprint density at radius 2 is 2.11 bits per heavy atom. The number of aromatic amines is 1. The average molecular weight is 383 g/mol. The van der Waals surface area contributed by atoms with E-state index in [-0.39, 0.29) is 29.4 Å². The third-order valence-corrected chi connectivity index (χ3v) is 5.92. The van der Waals surface area contributed by atoms with Gasteiger partial charge in [0.05, 0.1) is 11.5 Å². The lowest BCUT2D eigenvalue weighted by Gasteiger charge is -2.37. The smallest absolute Gasteiger partial charge is 0.253 e. The molecule has 150 valence electrons. The maximum Gasteiger partial charge on any atom is 0.253 e. The van der Waals surface area contributed by atoms with Crippen molar-refractivity contribution in [3.63, 3.8) is 0 Å². The third-order valence-electron chi connectivity index (χ3n) is 5.92. The summed E-state index contributed by atoms with van der Waals surface area (Å²) in [4.78, 5) is 30.8. The van der Waals surface area contributed by atoms with Crippen LogP contribution < -0.4 is 5.32 Å². The number of hydrogen-bond acceptors (Lipinski definition) is 3. The molecule has 6 nitrogen and oxygen atoms in total. The molecule has 0 radical (unpaired) electrons. The van der Waals surface area contributed by atoms with Crippen LogP contribution in [0.1, 0.15) is 49.9 Å². The van der Waals surface area contributed by atoms with E-state index in [1.54, 1.807) is 0 Å². The van der Waals surface area contributed by atoms with Crippen LogP contribution in [0.3, 0.4) is 0 Å². The lowest BCUT2D eigenvalue weighted by molar-refractivity contribution is -0.129. The number of fused-ring (bicyclic) bond motifs is 1. The molecule has 2 aromatic rings. The van der Waals surface area contributed by atoms with Gasteiger partial charge in [-0.2, -0.15) is 0 Å². The zero-order valence-corrected chi connectivity index (χ0v) is 16.7. The van der Waals surface area contributed by atoms with E-state index >= 15 is 0 Å². The van der Waals surface area contributed by atoms with E-state index in [0.717, 1.165) is 36.6 Å². The van der Waals surface area contributed by atoms with Gasteiger partial charge in [-0.15, -0.1) is 0 Å². The molecule has 6 heteroatoms. The molecule has 2 aliphatic rings. The summed E-state index contributed by atoms with van der Waals surface area (Å²) in [5.41, 5.74) is 1.43. The van der Waals surface area contributed by atoms with E-state index < -0.39 is 0 Å². The number of hydrogen-bond donors (Lipinski definition) is 2. The Labute approximate surface area is 165 Å². The Morgan fingerprint density at radius 3 is 2.93 bits per heavy atom. The van der Waals surface area contributed by atoms with Gasteiger partial charge in [-0.1, -0.05) is 6.07 Å². The van der Waals surface area contributed by atoms with Gasteiger partial charge in [0.25, 0.3) is 5.91 Å². The summed E-state index contributed by atoms with van der Waals surface area (Å²) in [5, 5.41) is 4.29. The van der Waals surface area contributed by atoms with Crippen molar-refractivity contribution < 1.29 is 14.3 Å². The molecule has 2 amide bonds. The molecule has 1 aromatic carbocycles. The van der Waals surface area contributed by atoms with Crippen LogP contribution >= 0.6 is 0 Å². The predicted molar refractivity (Wildman–Crippen MR) is 108 cm³/mol. The molecule has 3 heterocycles. The van der Waals surface area contributed by atoms with Crippen LogP contribution in [0.15, 0.2) is 30.5 Å². The van der Waals surface area contributed by atoms with E-state index in [4.69, 9.17) is 4.74 Å². The Morgan fingerprint density at radius 1 is 1.25 bits per heavy atom. The van der Waals surface area contributed by atoms with Crippen molar-refractivity contribution in [3.8, 4) is 0 Å². The van der Waals surface area contributed by atoms with Gasteiger partial charge in [-0.25, -0.2) is 0 Å². The van der Waals surface area contributed by atoms with Crippen LogP contribution in [0.4, 0.5) is 0 Å². The predicted octanol–water partition coefficient (Wildman–Crippen LogP) is 3.09. The van der Waals surface area contributed by atoms with E-state index in [2.05, 4.69) is 24.1 Å². The minimum Gasteiger partial charge on any atom is -0.375 e. The number of nitrogens with zero attached hydrogens (tertiary/aromatic N) is 1. The van der Waals surface area contributed by atoms with E-state index in [1.165, 1.54) is 0 Å². The Hall–Kier alpha value is -2.34. The second-order valence-electron chi connectivity index (χ2n) is 8.68. The van der Waals surface area contributed by atoms with Gasteiger partial charge in [0.1, 0.15) is 0 Å². The molecule has 0 spiro atoms. The van der Waals surface area contributed by atoms with Gasteiger partial charge in [0.2, 0.25) is 5.91 Å². The van der Waals surface area contributed by atoms with Crippen molar-refractivity contribution in [1.29, 1.82) is 0 Å². The quantitative estimate of drug-likeness (QED) is 0.855. The first-order valence-corrected chi connectivity index (χ1v) is 10.2. The van der Waals surface area contributed by atoms with Gasteiger partial charge in [-0.3, -0.25) is 9.59 Å². The minimum absolute atomic E-state index is 0.00111. The first-order chi connectivity index (χ1) is 13.4. The molecule has 0 bridgehead atoms. The number of carbonyl (C=O) groups excluding carboxylic acids is 2. The lowest BCUT2D eigenvalue weighted by Crippen LogP contribution is -2.50. The van der Waals surface area contributed by atoms with Crippen molar-refractivity contribution in [2.24, 2.45) is 5.92 Å². The van der Waals surface area contributed by atoms with Crippen molar-refractivity contribution in [2.75, 3.05) is 19.7 Å². The molecule has 4 rings (SSSR count). The highest BCUT2D eigenvalue weighted by molar-refractivity contribution is 5.98.